The monoisotopic (exact) mass is 586 g/mol. The van der Waals surface area contributed by atoms with Gasteiger partial charge >= 0.3 is 0 Å². The largest absolute Gasteiger partial charge is 0.497 e. The minimum absolute atomic E-state index is 0.0530. The van der Waals surface area contributed by atoms with Gasteiger partial charge in [-0.2, -0.15) is 5.26 Å². The van der Waals surface area contributed by atoms with Gasteiger partial charge in [-0.3, -0.25) is 14.7 Å². The summed E-state index contributed by atoms with van der Waals surface area (Å²) in [4.78, 5) is 18.1. The second-order valence-electron chi connectivity index (χ2n) is 9.47. The number of carbonyl (C=O) groups is 1. The lowest BCUT2D eigenvalue weighted by molar-refractivity contribution is -0.113. The van der Waals surface area contributed by atoms with E-state index in [4.69, 9.17) is 18.9 Å². The van der Waals surface area contributed by atoms with Crippen molar-refractivity contribution >= 4 is 34.6 Å². The molecule has 9 heteroatoms. The summed E-state index contributed by atoms with van der Waals surface area (Å²) in [6.07, 6.45) is 0. The van der Waals surface area contributed by atoms with Crippen molar-refractivity contribution in [3.8, 4) is 45.7 Å². The van der Waals surface area contributed by atoms with E-state index in [0.29, 0.717) is 28.0 Å². The van der Waals surface area contributed by atoms with Crippen molar-refractivity contribution in [2.75, 3.05) is 25.3 Å². The number of anilines is 1. The molecule has 43 heavy (non-hydrogen) atoms. The Balaban J connectivity index is 1.32. The number of nitrogens with zero attached hydrogens (tertiary/aromatic N) is 3. The lowest BCUT2D eigenvalue weighted by Gasteiger charge is -2.09. The van der Waals surface area contributed by atoms with Crippen molar-refractivity contribution in [3.63, 3.8) is 0 Å². The molecule has 8 nitrogen and oxygen atoms in total. The van der Waals surface area contributed by atoms with E-state index in [1.165, 1.54) is 11.8 Å². The zero-order valence-corrected chi connectivity index (χ0v) is 24.2. The number of amides is 1. The zero-order chi connectivity index (χ0) is 29.8. The molecule has 1 N–H and O–H groups in total. The van der Waals surface area contributed by atoms with Crippen molar-refractivity contribution in [3.05, 3.63) is 109 Å². The maximum Gasteiger partial charge on any atom is 0.237 e. The molecule has 0 aliphatic heterocycles. The molecule has 0 fully saturated rings. The second-order valence-corrected chi connectivity index (χ2v) is 10.4. The van der Waals surface area contributed by atoms with Gasteiger partial charge in [0.1, 0.15) is 28.9 Å². The Kier molecular flexibility index (Phi) is 7.85. The number of nitrogens with one attached hydrogen (secondary N) is 1. The van der Waals surface area contributed by atoms with Gasteiger partial charge in [-0.1, -0.05) is 54.2 Å². The number of furan rings is 1. The van der Waals surface area contributed by atoms with E-state index in [1.54, 1.807) is 14.2 Å². The fraction of sp³-hybridized carbons (Fsp3) is 0.0882. The number of thioether (sulfide) groups is 1. The van der Waals surface area contributed by atoms with Crippen LogP contribution in [-0.2, 0) is 4.79 Å². The lowest BCUT2D eigenvalue weighted by atomic mass is 9.98. The molecule has 6 rings (SSSR count). The second kappa shape index (κ2) is 12.2. The van der Waals surface area contributed by atoms with Gasteiger partial charge in [0.15, 0.2) is 5.16 Å². The summed E-state index contributed by atoms with van der Waals surface area (Å²) in [5.41, 5.74) is 5.01. The number of imidazole rings is 1. The number of ether oxygens (including phenoxy) is 2. The number of fused-ring (bicyclic) bond motifs is 1. The van der Waals surface area contributed by atoms with E-state index in [2.05, 4.69) is 11.4 Å². The number of hydrogen-bond acceptors (Lipinski definition) is 7. The lowest BCUT2D eigenvalue weighted by Crippen LogP contribution is -2.14. The van der Waals surface area contributed by atoms with Crippen LogP contribution < -0.4 is 14.8 Å². The first-order valence-electron chi connectivity index (χ1n) is 13.4. The molecule has 0 saturated carbocycles. The smallest absolute Gasteiger partial charge is 0.237 e. The molecule has 0 saturated heterocycles. The Labute approximate surface area is 252 Å². The van der Waals surface area contributed by atoms with E-state index in [0.717, 1.165) is 27.8 Å². The highest BCUT2D eigenvalue weighted by atomic mass is 32.2. The molecule has 1 amide bonds. The van der Waals surface area contributed by atoms with Crippen LogP contribution in [0.2, 0.25) is 0 Å². The van der Waals surface area contributed by atoms with Crippen LogP contribution in [-0.4, -0.2) is 35.4 Å². The first kappa shape index (κ1) is 27.7. The first-order valence-corrected chi connectivity index (χ1v) is 14.4. The zero-order valence-electron chi connectivity index (χ0n) is 23.4. The minimum atomic E-state index is -0.329. The topological polar surface area (TPSA) is 102 Å². The predicted octanol–water partition coefficient (Wildman–Crippen LogP) is 7.57. The average Bonchev–Trinajstić information content (AvgIpc) is 3.62. The number of rotatable bonds is 9. The number of para-hydroxylation sites is 3. The Morgan fingerprint density at radius 3 is 2.16 bits per heavy atom. The molecule has 0 bridgehead atoms. The summed E-state index contributed by atoms with van der Waals surface area (Å²) >= 11 is 1.31. The third kappa shape index (κ3) is 5.56. The van der Waals surface area contributed by atoms with E-state index < -0.39 is 0 Å². The highest BCUT2D eigenvalue weighted by Crippen LogP contribution is 2.42. The molecule has 0 aliphatic carbocycles. The van der Waals surface area contributed by atoms with E-state index in [1.807, 2.05) is 108 Å². The predicted molar refractivity (Wildman–Crippen MR) is 168 cm³/mol. The molecule has 6 aromatic rings. The summed E-state index contributed by atoms with van der Waals surface area (Å²) in [6.45, 7) is 0. The Morgan fingerprint density at radius 1 is 0.884 bits per heavy atom. The Morgan fingerprint density at radius 2 is 1.51 bits per heavy atom. The normalized spacial score (nSPS) is 10.8. The molecular weight excluding hydrogens is 560 g/mol. The van der Waals surface area contributed by atoms with E-state index in [-0.39, 0.29) is 23.1 Å². The maximum absolute atomic E-state index is 13.3. The van der Waals surface area contributed by atoms with Crippen LogP contribution in [0.25, 0.3) is 39.2 Å². The Hall–Kier alpha value is -5.46. The van der Waals surface area contributed by atoms with Crippen LogP contribution in [0.4, 0.5) is 5.88 Å². The summed E-state index contributed by atoms with van der Waals surface area (Å²) in [7, 11) is 3.19. The first-order chi connectivity index (χ1) is 21.1. The maximum atomic E-state index is 13.3. The number of carbonyl (C=O) groups excluding carboxylic acids is 1. The van der Waals surface area contributed by atoms with Crippen LogP contribution in [0.5, 0.6) is 11.5 Å². The molecule has 0 radical (unpaired) electrons. The molecular formula is C34H26N4O4S. The molecule has 0 unspecified atom stereocenters. The summed E-state index contributed by atoms with van der Waals surface area (Å²) in [5.74, 6) is 1.64. The van der Waals surface area contributed by atoms with Crippen LogP contribution in [0.15, 0.2) is 113 Å². The summed E-state index contributed by atoms with van der Waals surface area (Å²) in [5, 5.41) is 13.8. The number of methoxy groups -OCH3 is 2. The van der Waals surface area contributed by atoms with Gasteiger partial charge < -0.3 is 13.9 Å². The van der Waals surface area contributed by atoms with Crippen molar-refractivity contribution in [2.24, 2.45) is 0 Å². The number of nitriles is 1. The van der Waals surface area contributed by atoms with E-state index >= 15 is 0 Å². The number of benzene rings is 4. The van der Waals surface area contributed by atoms with Crippen LogP contribution in [0, 0.1) is 11.3 Å². The van der Waals surface area contributed by atoms with Gasteiger partial charge in [-0.05, 0) is 66.2 Å². The van der Waals surface area contributed by atoms with Crippen molar-refractivity contribution in [1.29, 1.82) is 5.26 Å². The highest BCUT2D eigenvalue weighted by Gasteiger charge is 2.25. The van der Waals surface area contributed by atoms with Gasteiger partial charge in [0.25, 0.3) is 0 Å². The fourth-order valence-corrected chi connectivity index (χ4v) is 5.65. The SMILES string of the molecule is COc1ccc(-c2oc(NC(=O)CSc3nc4ccccc4n3-c3ccccc3)c(C#N)c2-c2ccc(OC)cc2)cc1. The summed E-state index contributed by atoms with van der Waals surface area (Å²) < 4.78 is 18.9. The van der Waals surface area contributed by atoms with Gasteiger partial charge in [0.05, 0.1) is 31.0 Å². The van der Waals surface area contributed by atoms with Crippen molar-refractivity contribution in [1.82, 2.24) is 9.55 Å². The summed E-state index contributed by atoms with van der Waals surface area (Å²) in [6, 6.07) is 34.6. The molecule has 0 atom stereocenters. The third-order valence-corrected chi connectivity index (χ3v) is 7.82. The van der Waals surface area contributed by atoms with Crippen LogP contribution in [0.1, 0.15) is 5.56 Å². The molecule has 2 heterocycles. The van der Waals surface area contributed by atoms with Crippen molar-refractivity contribution < 1.29 is 18.7 Å². The van der Waals surface area contributed by atoms with Gasteiger partial charge in [-0.25, -0.2) is 4.98 Å². The molecule has 0 spiro atoms. The van der Waals surface area contributed by atoms with Crippen LogP contribution in [0.3, 0.4) is 0 Å². The number of hydrogen-bond donors (Lipinski definition) is 1. The standard InChI is InChI=1S/C34H26N4O4S/c1-40-25-16-12-22(13-17-25)31-27(20-35)33(42-32(31)23-14-18-26(41-2)19-15-23)37-30(39)21-43-34-36-28-10-6-7-11-29(28)38(34)24-8-4-3-5-9-24/h3-19H,21H2,1-2H3,(H,37,39). The highest BCUT2D eigenvalue weighted by molar-refractivity contribution is 7.99. The molecule has 0 aliphatic rings. The molecule has 2 aromatic heterocycles. The fourth-order valence-electron chi connectivity index (χ4n) is 4.82. The van der Waals surface area contributed by atoms with E-state index in [9.17, 15) is 10.1 Å². The third-order valence-electron chi connectivity index (χ3n) is 6.88. The van der Waals surface area contributed by atoms with Gasteiger partial charge in [-0.15, -0.1) is 0 Å². The quantitative estimate of drug-likeness (QED) is 0.174. The van der Waals surface area contributed by atoms with Gasteiger partial charge in [0.2, 0.25) is 11.8 Å². The minimum Gasteiger partial charge on any atom is -0.497 e. The van der Waals surface area contributed by atoms with Gasteiger partial charge in [0, 0.05) is 16.8 Å². The van der Waals surface area contributed by atoms with Crippen molar-refractivity contribution in [2.45, 2.75) is 5.16 Å². The average molecular weight is 587 g/mol. The molecule has 4 aromatic carbocycles. The van der Waals surface area contributed by atoms with Crippen LogP contribution >= 0.6 is 11.8 Å². The number of aromatic nitrogens is 2. The Bertz CT molecular complexity index is 1940. The molecule has 212 valence electrons.